The van der Waals surface area contributed by atoms with E-state index in [1.165, 1.54) is 46.3 Å². The summed E-state index contributed by atoms with van der Waals surface area (Å²) in [6.07, 6.45) is 16.7. The van der Waals surface area contributed by atoms with Gasteiger partial charge in [0.05, 0.1) is 0 Å². The summed E-state index contributed by atoms with van der Waals surface area (Å²) in [5, 5.41) is 0. The zero-order valence-corrected chi connectivity index (χ0v) is 14.6. The molecule has 3 aliphatic rings. The molecule has 0 fully saturated rings. The highest BCUT2D eigenvalue weighted by molar-refractivity contribution is 5.33. The zero-order valence-electron chi connectivity index (χ0n) is 14.6. The second-order valence-electron chi connectivity index (χ2n) is 6.15. The van der Waals surface area contributed by atoms with Crippen LogP contribution in [0.4, 0.5) is 0 Å². The summed E-state index contributed by atoms with van der Waals surface area (Å²) in [5.74, 6) is 0. The lowest BCUT2D eigenvalue weighted by atomic mass is 10.2. The Labute approximate surface area is 131 Å². The van der Waals surface area contributed by atoms with Crippen molar-refractivity contribution in [3.05, 3.63) is 69.9 Å². The fourth-order valence-corrected chi connectivity index (χ4v) is 2.17. The minimum atomic E-state index is 1.15. The molecule has 0 aromatic heterocycles. The molecule has 0 bridgehead atoms. The van der Waals surface area contributed by atoms with Gasteiger partial charge in [-0.15, -0.1) is 0 Å². The predicted molar refractivity (Wildman–Crippen MR) is 96.4 cm³/mol. The number of rotatable bonds is 0. The highest BCUT2D eigenvalue weighted by Crippen LogP contribution is 2.17. The molecule has 0 atom stereocenters. The fraction of sp³-hybridized carbons (Fsp3) is 0.429. The van der Waals surface area contributed by atoms with E-state index in [0.29, 0.717) is 0 Å². The standard InChI is InChI=1S/3C7H10/c3*1-6-4-3-5-7(6)2/h4-5H,3H2,1-2H3;2*3-4H,5H2,1-2H3. The normalized spacial score (nSPS) is 19.1. The number of hydrogen-bond acceptors (Lipinski definition) is 0. The van der Waals surface area contributed by atoms with Gasteiger partial charge in [0.15, 0.2) is 0 Å². The van der Waals surface area contributed by atoms with Crippen molar-refractivity contribution in [3.63, 3.8) is 0 Å². The first-order chi connectivity index (χ1) is 9.91. The average molecular weight is 282 g/mol. The molecule has 0 radical (unpaired) electrons. The van der Waals surface area contributed by atoms with E-state index < -0.39 is 0 Å². The quantitative estimate of drug-likeness (QED) is 0.456. The molecular weight excluding hydrogens is 252 g/mol. The smallest absolute Gasteiger partial charge is 0.0133 e. The van der Waals surface area contributed by atoms with Gasteiger partial charge in [0.25, 0.3) is 0 Å². The Morgan fingerprint density at radius 3 is 1.10 bits per heavy atom. The van der Waals surface area contributed by atoms with E-state index in [4.69, 9.17) is 0 Å². The van der Waals surface area contributed by atoms with E-state index in [-0.39, 0.29) is 0 Å². The highest BCUT2D eigenvalue weighted by Gasteiger charge is 1.96. The van der Waals surface area contributed by atoms with Crippen LogP contribution in [0.2, 0.25) is 0 Å². The molecule has 114 valence electrons. The molecule has 0 aliphatic heterocycles. The van der Waals surface area contributed by atoms with Crippen LogP contribution in [0.5, 0.6) is 0 Å². The second-order valence-corrected chi connectivity index (χ2v) is 6.15. The van der Waals surface area contributed by atoms with Crippen LogP contribution in [0.25, 0.3) is 0 Å². The van der Waals surface area contributed by atoms with Crippen LogP contribution in [-0.2, 0) is 0 Å². The molecule has 3 aliphatic carbocycles. The Bertz CT molecular complexity index is 493. The van der Waals surface area contributed by atoms with Crippen molar-refractivity contribution in [2.75, 3.05) is 0 Å². The minimum absolute atomic E-state index is 1.15. The van der Waals surface area contributed by atoms with Crippen LogP contribution in [-0.4, -0.2) is 0 Å². The largest absolute Gasteiger partial charge is 0.0802 e. The van der Waals surface area contributed by atoms with Crippen LogP contribution in [0.15, 0.2) is 69.9 Å². The lowest BCUT2D eigenvalue weighted by Gasteiger charge is -1.87. The van der Waals surface area contributed by atoms with Crippen LogP contribution >= 0.6 is 0 Å². The third-order valence-electron chi connectivity index (χ3n) is 4.40. The van der Waals surface area contributed by atoms with Gasteiger partial charge in [0.2, 0.25) is 0 Å². The molecule has 3 rings (SSSR count). The number of hydrogen-bond donors (Lipinski definition) is 0. The first-order valence-electron chi connectivity index (χ1n) is 7.91. The van der Waals surface area contributed by atoms with Gasteiger partial charge in [-0.3, -0.25) is 0 Å². The summed E-state index contributed by atoms with van der Waals surface area (Å²) in [6, 6.07) is 0. The maximum atomic E-state index is 2.25. The van der Waals surface area contributed by atoms with Crippen molar-refractivity contribution in [1.82, 2.24) is 0 Å². The van der Waals surface area contributed by atoms with Gasteiger partial charge in [-0.1, -0.05) is 69.9 Å². The van der Waals surface area contributed by atoms with E-state index in [2.05, 4.69) is 78.0 Å². The third-order valence-corrected chi connectivity index (χ3v) is 4.40. The van der Waals surface area contributed by atoms with Gasteiger partial charge in [-0.2, -0.15) is 0 Å². The predicted octanol–water partition coefficient (Wildman–Crippen LogP) is 6.85. The monoisotopic (exact) mass is 282 g/mol. The first-order valence-corrected chi connectivity index (χ1v) is 7.91. The summed E-state index contributed by atoms with van der Waals surface area (Å²) >= 11 is 0. The van der Waals surface area contributed by atoms with E-state index in [1.54, 1.807) is 0 Å². The molecule has 0 nitrogen and oxygen atoms in total. The van der Waals surface area contributed by atoms with E-state index in [0.717, 1.165) is 6.42 Å². The van der Waals surface area contributed by atoms with Crippen LogP contribution < -0.4 is 0 Å². The summed E-state index contributed by atoms with van der Waals surface area (Å²) in [6.45, 7) is 13.0. The molecular formula is C21H30. The Balaban J connectivity index is 0.000000157. The van der Waals surface area contributed by atoms with Crippen LogP contribution in [0.1, 0.15) is 60.8 Å². The minimum Gasteiger partial charge on any atom is -0.0802 e. The van der Waals surface area contributed by atoms with Gasteiger partial charge >= 0.3 is 0 Å². The van der Waals surface area contributed by atoms with Crippen LogP contribution in [0.3, 0.4) is 0 Å². The van der Waals surface area contributed by atoms with Crippen molar-refractivity contribution in [3.8, 4) is 0 Å². The molecule has 0 saturated heterocycles. The molecule has 0 aromatic rings. The first kappa shape index (κ1) is 17.5. The summed E-state index contributed by atoms with van der Waals surface area (Å²) in [4.78, 5) is 0. The highest BCUT2D eigenvalue weighted by atomic mass is 14.0. The molecule has 0 unspecified atom stereocenters. The molecule has 0 spiro atoms. The Morgan fingerprint density at radius 2 is 1.00 bits per heavy atom. The number of allylic oxidation sites excluding steroid dienone is 12. The summed E-state index contributed by atoms with van der Waals surface area (Å²) < 4.78 is 0. The molecule has 21 heavy (non-hydrogen) atoms. The van der Waals surface area contributed by atoms with Crippen molar-refractivity contribution in [2.24, 2.45) is 0 Å². The molecule has 0 saturated carbocycles. The van der Waals surface area contributed by atoms with Gasteiger partial charge in [0, 0.05) is 0 Å². The van der Waals surface area contributed by atoms with Crippen LogP contribution in [0, 0.1) is 0 Å². The third kappa shape index (κ3) is 6.16. The average Bonchev–Trinajstić information content (AvgIpc) is 3.11. The van der Waals surface area contributed by atoms with Gasteiger partial charge in [-0.05, 0) is 60.8 Å². The van der Waals surface area contributed by atoms with Crippen molar-refractivity contribution < 1.29 is 0 Å². The van der Waals surface area contributed by atoms with E-state index in [9.17, 15) is 0 Å². The lowest BCUT2D eigenvalue weighted by molar-refractivity contribution is 1.22. The molecule has 0 aromatic carbocycles. The summed E-state index contributed by atoms with van der Waals surface area (Å²) in [7, 11) is 0. The molecule has 0 heteroatoms. The summed E-state index contributed by atoms with van der Waals surface area (Å²) in [5.41, 5.74) is 8.81. The molecule has 0 heterocycles. The van der Waals surface area contributed by atoms with E-state index >= 15 is 0 Å². The maximum absolute atomic E-state index is 2.25. The van der Waals surface area contributed by atoms with Crippen molar-refractivity contribution in [1.29, 1.82) is 0 Å². The van der Waals surface area contributed by atoms with Gasteiger partial charge in [-0.25, -0.2) is 0 Å². The Kier molecular flexibility index (Phi) is 7.22. The van der Waals surface area contributed by atoms with Crippen molar-refractivity contribution >= 4 is 0 Å². The maximum Gasteiger partial charge on any atom is -0.0133 e. The van der Waals surface area contributed by atoms with Crippen molar-refractivity contribution in [2.45, 2.75) is 60.8 Å². The second kappa shape index (κ2) is 8.67. The SMILES string of the molecule is CC1=C(C)CC=C1.CC1=C(C)CC=C1.CC1=CCC=C1C. The lowest BCUT2D eigenvalue weighted by Crippen LogP contribution is -1.67. The molecule has 0 N–H and O–H groups in total. The Hall–Kier alpha value is -1.56. The zero-order chi connectivity index (χ0) is 15.8. The molecule has 0 amide bonds. The fourth-order valence-electron chi connectivity index (χ4n) is 2.17. The Morgan fingerprint density at radius 1 is 0.619 bits per heavy atom. The van der Waals surface area contributed by atoms with E-state index in [1.807, 2.05) is 0 Å². The van der Waals surface area contributed by atoms with Gasteiger partial charge < -0.3 is 0 Å². The van der Waals surface area contributed by atoms with Gasteiger partial charge in [0.1, 0.15) is 0 Å². The topological polar surface area (TPSA) is 0 Å².